The van der Waals surface area contributed by atoms with Crippen molar-refractivity contribution >= 4 is 17.5 Å². The van der Waals surface area contributed by atoms with Crippen LogP contribution in [-0.4, -0.2) is 41.3 Å². The molecule has 0 saturated heterocycles. The quantitative estimate of drug-likeness (QED) is 0.555. The van der Waals surface area contributed by atoms with E-state index in [4.69, 9.17) is 21.1 Å². The topological polar surface area (TPSA) is 69.2 Å². The summed E-state index contributed by atoms with van der Waals surface area (Å²) in [5.41, 5.74) is 0.985. The Labute approximate surface area is 118 Å². The van der Waals surface area contributed by atoms with Crippen molar-refractivity contribution in [2.24, 2.45) is 0 Å². The van der Waals surface area contributed by atoms with Gasteiger partial charge in [-0.15, -0.1) is 0 Å². The molecule has 19 heavy (non-hydrogen) atoms. The summed E-state index contributed by atoms with van der Waals surface area (Å²) in [7, 11) is 0. The summed E-state index contributed by atoms with van der Waals surface area (Å²) in [5.74, 6) is 0.380. The standard InChI is InChI=1S/C12H19ClN4O2/c1-4-6-19-12-16-10(13)15-11(17-12)14-5-7-18-8-9(2)3/h2,4-8H2,1,3H3,(H,14,15,16,17). The lowest BCUT2D eigenvalue weighted by atomic mass is 10.4. The predicted octanol–water partition coefficient (Wildman–Crippen LogP) is 2.32. The Bertz CT molecular complexity index is 415. The Hall–Kier alpha value is -1.40. The number of nitrogens with zero attached hydrogens (tertiary/aromatic N) is 3. The Morgan fingerprint density at radius 3 is 2.79 bits per heavy atom. The minimum atomic E-state index is 0.103. The van der Waals surface area contributed by atoms with Crippen LogP contribution in [0.25, 0.3) is 0 Å². The predicted molar refractivity (Wildman–Crippen MR) is 74.7 cm³/mol. The molecule has 1 rings (SSSR count). The molecule has 0 atom stereocenters. The van der Waals surface area contributed by atoms with Crippen LogP contribution in [0.4, 0.5) is 5.95 Å². The fourth-order valence-electron chi connectivity index (χ4n) is 1.15. The minimum absolute atomic E-state index is 0.103. The molecule has 0 bridgehead atoms. The average molecular weight is 287 g/mol. The maximum atomic E-state index is 5.79. The number of ether oxygens (including phenoxy) is 2. The average Bonchev–Trinajstić information content (AvgIpc) is 2.35. The second-order valence-corrected chi connectivity index (χ2v) is 4.33. The van der Waals surface area contributed by atoms with Crippen molar-refractivity contribution in [1.29, 1.82) is 0 Å². The lowest BCUT2D eigenvalue weighted by Gasteiger charge is -2.07. The van der Waals surface area contributed by atoms with E-state index in [0.717, 1.165) is 12.0 Å². The number of nitrogens with one attached hydrogen (secondary N) is 1. The molecule has 0 aliphatic carbocycles. The molecule has 0 spiro atoms. The molecule has 0 radical (unpaired) electrons. The van der Waals surface area contributed by atoms with Crippen molar-refractivity contribution in [3.63, 3.8) is 0 Å². The molecule has 7 heteroatoms. The number of rotatable bonds is 9. The zero-order valence-corrected chi connectivity index (χ0v) is 12.0. The highest BCUT2D eigenvalue weighted by Crippen LogP contribution is 2.11. The lowest BCUT2D eigenvalue weighted by molar-refractivity contribution is 0.167. The second kappa shape index (κ2) is 8.66. The maximum Gasteiger partial charge on any atom is 0.322 e. The van der Waals surface area contributed by atoms with Crippen LogP contribution >= 0.6 is 11.6 Å². The van der Waals surface area contributed by atoms with E-state index in [1.165, 1.54) is 0 Å². The molecule has 0 amide bonds. The molecule has 0 saturated carbocycles. The smallest absolute Gasteiger partial charge is 0.322 e. The van der Waals surface area contributed by atoms with Gasteiger partial charge in [-0.3, -0.25) is 0 Å². The van der Waals surface area contributed by atoms with Crippen molar-refractivity contribution < 1.29 is 9.47 Å². The zero-order valence-electron chi connectivity index (χ0n) is 11.3. The van der Waals surface area contributed by atoms with Crippen LogP contribution in [0.2, 0.25) is 5.28 Å². The molecule has 1 aromatic heterocycles. The van der Waals surface area contributed by atoms with E-state index >= 15 is 0 Å². The summed E-state index contributed by atoms with van der Waals surface area (Å²) < 4.78 is 10.7. The molecule has 1 heterocycles. The minimum Gasteiger partial charge on any atom is -0.463 e. The second-order valence-electron chi connectivity index (χ2n) is 4.00. The largest absolute Gasteiger partial charge is 0.463 e. The van der Waals surface area contributed by atoms with Gasteiger partial charge in [0.05, 0.1) is 19.8 Å². The van der Waals surface area contributed by atoms with Gasteiger partial charge in [-0.2, -0.15) is 15.0 Å². The summed E-state index contributed by atoms with van der Waals surface area (Å²) in [5, 5.41) is 3.10. The van der Waals surface area contributed by atoms with E-state index in [-0.39, 0.29) is 11.3 Å². The first-order valence-electron chi connectivity index (χ1n) is 6.12. The summed E-state index contributed by atoms with van der Waals surface area (Å²) in [6.07, 6.45) is 0.876. The number of anilines is 1. The number of aromatic nitrogens is 3. The van der Waals surface area contributed by atoms with Gasteiger partial charge in [0, 0.05) is 6.54 Å². The summed E-state index contributed by atoms with van der Waals surface area (Å²) >= 11 is 5.79. The van der Waals surface area contributed by atoms with E-state index in [9.17, 15) is 0 Å². The fraction of sp³-hybridized carbons (Fsp3) is 0.583. The zero-order chi connectivity index (χ0) is 14.1. The third-order valence-corrected chi connectivity index (χ3v) is 2.07. The van der Waals surface area contributed by atoms with Gasteiger partial charge in [0.15, 0.2) is 0 Å². The normalized spacial score (nSPS) is 10.3. The molecule has 0 unspecified atom stereocenters. The van der Waals surface area contributed by atoms with Crippen LogP contribution in [0.1, 0.15) is 20.3 Å². The Morgan fingerprint density at radius 2 is 2.11 bits per heavy atom. The van der Waals surface area contributed by atoms with E-state index in [0.29, 0.717) is 32.3 Å². The molecule has 0 aliphatic heterocycles. The van der Waals surface area contributed by atoms with Gasteiger partial charge in [-0.05, 0) is 24.9 Å². The molecule has 6 nitrogen and oxygen atoms in total. The summed E-state index contributed by atoms with van der Waals surface area (Å²) in [4.78, 5) is 11.9. The first-order valence-corrected chi connectivity index (χ1v) is 6.50. The highest BCUT2D eigenvalue weighted by atomic mass is 35.5. The van der Waals surface area contributed by atoms with Gasteiger partial charge in [-0.1, -0.05) is 19.1 Å². The Balaban J connectivity index is 2.40. The van der Waals surface area contributed by atoms with E-state index in [2.05, 4.69) is 26.8 Å². The van der Waals surface area contributed by atoms with E-state index in [1.54, 1.807) is 0 Å². The first kappa shape index (κ1) is 15.7. The van der Waals surface area contributed by atoms with E-state index < -0.39 is 0 Å². The molecule has 0 aromatic carbocycles. The number of hydrogen-bond donors (Lipinski definition) is 1. The van der Waals surface area contributed by atoms with Gasteiger partial charge in [-0.25, -0.2) is 0 Å². The first-order chi connectivity index (χ1) is 9.11. The van der Waals surface area contributed by atoms with Gasteiger partial charge < -0.3 is 14.8 Å². The van der Waals surface area contributed by atoms with Gasteiger partial charge >= 0.3 is 6.01 Å². The fourth-order valence-corrected chi connectivity index (χ4v) is 1.30. The molecule has 1 N–H and O–H groups in total. The van der Waals surface area contributed by atoms with Gasteiger partial charge in [0.1, 0.15) is 0 Å². The van der Waals surface area contributed by atoms with Crippen molar-refractivity contribution in [3.8, 4) is 6.01 Å². The lowest BCUT2D eigenvalue weighted by Crippen LogP contribution is -2.13. The Morgan fingerprint density at radius 1 is 1.32 bits per heavy atom. The van der Waals surface area contributed by atoms with Crippen LogP contribution in [0.15, 0.2) is 12.2 Å². The molecule has 106 valence electrons. The van der Waals surface area contributed by atoms with Crippen LogP contribution in [-0.2, 0) is 4.74 Å². The highest BCUT2D eigenvalue weighted by molar-refractivity contribution is 6.28. The maximum absolute atomic E-state index is 5.79. The van der Waals surface area contributed by atoms with Crippen molar-refractivity contribution in [2.75, 3.05) is 31.7 Å². The van der Waals surface area contributed by atoms with Crippen molar-refractivity contribution in [2.45, 2.75) is 20.3 Å². The van der Waals surface area contributed by atoms with Crippen molar-refractivity contribution in [3.05, 3.63) is 17.4 Å². The van der Waals surface area contributed by atoms with Gasteiger partial charge in [0.2, 0.25) is 11.2 Å². The van der Waals surface area contributed by atoms with Crippen LogP contribution in [0.5, 0.6) is 6.01 Å². The van der Waals surface area contributed by atoms with Crippen LogP contribution in [0.3, 0.4) is 0 Å². The molecule has 0 fully saturated rings. The van der Waals surface area contributed by atoms with Crippen LogP contribution < -0.4 is 10.1 Å². The molecule has 0 aliphatic rings. The summed E-state index contributed by atoms with van der Waals surface area (Å²) in [6, 6.07) is 0.229. The SMILES string of the molecule is C=C(C)COCCNc1nc(Cl)nc(OCCC)n1. The van der Waals surface area contributed by atoms with Gasteiger partial charge in [0.25, 0.3) is 0 Å². The van der Waals surface area contributed by atoms with Crippen molar-refractivity contribution in [1.82, 2.24) is 15.0 Å². The molecular weight excluding hydrogens is 268 g/mol. The third kappa shape index (κ3) is 6.93. The highest BCUT2D eigenvalue weighted by Gasteiger charge is 2.05. The molecule has 1 aromatic rings. The monoisotopic (exact) mass is 286 g/mol. The number of hydrogen-bond acceptors (Lipinski definition) is 6. The third-order valence-electron chi connectivity index (χ3n) is 1.90. The number of halogens is 1. The van der Waals surface area contributed by atoms with E-state index in [1.807, 2.05) is 13.8 Å². The van der Waals surface area contributed by atoms with Crippen LogP contribution in [0, 0.1) is 0 Å². The molecular formula is C12H19ClN4O2. The summed E-state index contributed by atoms with van der Waals surface area (Å²) in [6.45, 7) is 9.85. The Kier molecular flexibility index (Phi) is 7.14.